The maximum Gasteiger partial charge on any atom is 0.261 e. The molecule has 1 aromatic rings. The number of nitrogens with one attached hydrogen (secondary N) is 1. The first kappa shape index (κ1) is 11.1. The van der Waals surface area contributed by atoms with E-state index in [0.29, 0.717) is 5.56 Å². The van der Waals surface area contributed by atoms with Gasteiger partial charge in [-0.15, -0.1) is 0 Å². The van der Waals surface area contributed by atoms with Crippen LogP contribution in [0.15, 0.2) is 24.3 Å². The van der Waals surface area contributed by atoms with Gasteiger partial charge in [-0.2, -0.15) is 0 Å². The van der Waals surface area contributed by atoms with Gasteiger partial charge in [0.05, 0.1) is 0 Å². The van der Waals surface area contributed by atoms with Crippen molar-refractivity contribution in [3.05, 3.63) is 29.8 Å². The molecular weight excluding hydrogens is 202 g/mol. The molecule has 0 spiro atoms. The Kier molecular flexibility index (Phi) is 2.72. The molecule has 1 heterocycles. The fourth-order valence-electron chi connectivity index (χ4n) is 2.40. The molecule has 0 fully saturated rings. The summed E-state index contributed by atoms with van der Waals surface area (Å²) >= 11 is 0. The summed E-state index contributed by atoms with van der Waals surface area (Å²) in [6, 6.07) is 7.35. The van der Waals surface area contributed by atoms with Crippen molar-refractivity contribution >= 4 is 11.6 Å². The molecule has 0 aromatic heterocycles. The van der Waals surface area contributed by atoms with Crippen molar-refractivity contribution < 1.29 is 9.90 Å². The van der Waals surface area contributed by atoms with Crippen LogP contribution in [0.25, 0.3) is 0 Å². The molecule has 86 valence electrons. The van der Waals surface area contributed by atoms with Crippen LogP contribution in [0.1, 0.15) is 32.3 Å². The van der Waals surface area contributed by atoms with E-state index in [9.17, 15) is 9.90 Å². The zero-order valence-electron chi connectivity index (χ0n) is 9.66. The Morgan fingerprint density at radius 2 is 2.12 bits per heavy atom. The van der Waals surface area contributed by atoms with Gasteiger partial charge in [-0.3, -0.25) is 4.79 Å². The minimum absolute atomic E-state index is 0.0684. The molecule has 1 aromatic carbocycles. The van der Waals surface area contributed by atoms with E-state index in [1.54, 1.807) is 0 Å². The van der Waals surface area contributed by atoms with Gasteiger partial charge in [0.1, 0.15) is 0 Å². The van der Waals surface area contributed by atoms with Crippen molar-refractivity contribution in [2.45, 2.75) is 32.3 Å². The molecule has 0 saturated heterocycles. The van der Waals surface area contributed by atoms with Gasteiger partial charge < -0.3 is 10.4 Å². The summed E-state index contributed by atoms with van der Waals surface area (Å²) < 4.78 is 0. The number of anilines is 1. The molecule has 2 N–H and O–H groups in total. The predicted molar refractivity (Wildman–Crippen MR) is 63.0 cm³/mol. The van der Waals surface area contributed by atoms with E-state index in [-0.39, 0.29) is 11.8 Å². The molecule has 1 aliphatic heterocycles. The van der Waals surface area contributed by atoms with E-state index < -0.39 is 5.60 Å². The summed E-state index contributed by atoms with van der Waals surface area (Å²) in [7, 11) is 0. The Morgan fingerprint density at radius 1 is 1.44 bits per heavy atom. The highest BCUT2D eigenvalue weighted by Gasteiger charge is 2.48. The largest absolute Gasteiger partial charge is 0.375 e. The van der Waals surface area contributed by atoms with Gasteiger partial charge in [0.25, 0.3) is 5.91 Å². The highest BCUT2D eigenvalue weighted by atomic mass is 16.3. The van der Waals surface area contributed by atoms with Crippen molar-refractivity contribution in [1.82, 2.24) is 0 Å². The van der Waals surface area contributed by atoms with Crippen LogP contribution in [0.4, 0.5) is 5.69 Å². The van der Waals surface area contributed by atoms with Crippen LogP contribution in [0, 0.1) is 5.92 Å². The lowest BCUT2D eigenvalue weighted by molar-refractivity contribution is -0.139. The number of para-hydroxylation sites is 1. The first-order chi connectivity index (χ1) is 7.60. The highest BCUT2D eigenvalue weighted by molar-refractivity contribution is 6.05. The summed E-state index contributed by atoms with van der Waals surface area (Å²) in [5.41, 5.74) is 0.0889. The van der Waals surface area contributed by atoms with Crippen LogP contribution >= 0.6 is 0 Å². The van der Waals surface area contributed by atoms with Gasteiger partial charge in [0, 0.05) is 11.3 Å². The Morgan fingerprint density at radius 3 is 2.81 bits per heavy atom. The van der Waals surface area contributed by atoms with E-state index in [1.165, 1.54) is 0 Å². The summed E-state index contributed by atoms with van der Waals surface area (Å²) in [5, 5.41) is 13.3. The lowest BCUT2D eigenvalue weighted by Crippen LogP contribution is -2.40. The summed E-state index contributed by atoms with van der Waals surface area (Å²) in [6.45, 7) is 3.98. The van der Waals surface area contributed by atoms with E-state index in [4.69, 9.17) is 0 Å². The van der Waals surface area contributed by atoms with Crippen LogP contribution in [-0.4, -0.2) is 11.0 Å². The number of benzene rings is 1. The fraction of sp³-hybridized carbons (Fsp3) is 0.462. The molecule has 0 bridgehead atoms. The molecule has 2 atom stereocenters. The minimum atomic E-state index is -1.35. The van der Waals surface area contributed by atoms with Crippen molar-refractivity contribution in [2.75, 3.05) is 5.32 Å². The number of aliphatic hydroxyl groups is 1. The third-order valence-electron chi connectivity index (χ3n) is 3.37. The van der Waals surface area contributed by atoms with Crippen LogP contribution in [-0.2, 0) is 10.4 Å². The monoisotopic (exact) mass is 219 g/mol. The number of amides is 1. The van der Waals surface area contributed by atoms with Crippen molar-refractivity contribution in [3.63, 3.8) is 0 Å². The van der Waals surface area contributed by atoms with Crippen molar-refractivity contribution in [3.8, 4) is 0 Å². The molecule has 0 aliphatic carbocycles. The van der Waals surface area contributed by atoms with Crippen LogP contribution in [0.3, 0.4) is 0 Å². The van der Waals surface area contributed by atoms with E-state index in [1.807, 2.05) is 31.2 Å². The number of rotatable bonds is 3. The predicted octanol–water partition coefficient (Wildman–Crippen LogP) is 2.26. The van der Waals surface area contributed by atoms with Gasteiger partial charge in [-0.05, 0) is 18.4 Å². The van der Waals surface area contributed by atoms with Crippen LogP contribution < -0.4 is 5.32 Å². The summed E-state index contributed by atoms with van der Waals surface area (Å²) in [5.74, 6) is -0.365. The summed E-state index contributed by atoms with van der Waals surface area (Å²) in [4.78, 5) is 11.9. The van der Waals surface area contributed by atoms with E-state index in [2.05, 4.69) is 12.2 Å². The van der Waals surface area contributed by atoms with E-state index in [0.717, 1.165) is 18.5 Å². The first-order valence-electron chi connectivity index (χ1n) is 5.74. The Bertz CT molecular complexity index is 416. The first-order valence-corrected chi connectivity index (χ1v) is 5.74. The van der Waals surface area contributed by atoms with Crippen LogP contribution in [0.2, 0.25) is 0 Å². The van der Waals surface area contributed by atoms with Crippen molar-refractivity contribution in [1.29, 1.82) is 0 Å². The SMILES string of the molecule is CCCC(C)C1(O)C(=O)Nc2ccccc21. The van der Waals surface area contributed by atoms with Crippen LogP contribution in [0.5, 0.6) is 0 Å². The smallest absolute Gasteiger partial charge is 0.261 e. The lowest BCUT2D eigenvalue weighted by Gasteiger charge is -2.27. The molecule has 0 radical (unpaired) electrons. The maximum atomic E-state index is 11.9. The van der Waals surface area contributed by atoms with Gasteiger partial charge in [-0.25, -0.2) is 0 Å². The number of fused-ring (bicyclic) bond motifs is 1. The van der Waals surface area contributed by atoms with Crippen molar-refractivity contribution in [2.24, 2.45) is 5.92 Å². The van der Waals surface area contributed by atoms with Gasteiger partial charge in [0.15, 0.2) is 5.60 Å². The molecule has 3 heteroatoms. The van der Waals surface area contributed by atoms with Gasteiger partial charge in [-0.1, -0.05) is 38.5 Å². The zero-order valence-corrected chi connectivity index (χ0v) is 9.66. The number of carbonyl (C=O) groups excluding carboxylic acids is 1. The Hall–Kier alpha value is -1.35. The Balaban J connectivity index is 2.44. The van der Waals surface area contributed by atoms with Gasteiger partial charge in [0.2, 0.25) is 0 Å². The topological polar surface area (TPSA) is 49.3 Å². The zero-order chi connectivity index (χ0) is 11.8. The molecule has 1 aliphatic rings. The second-order valence-corrected chi connectivity index (χ2v) is 4.46. The minimum Gasteiger partial charge on any atom is -0.375 e. The molecule has 16 heavy (non-hydrogen) atoms. The third kappa shape index (κ3) is 1.43. The average Bonchev–Trinajstić information content (AvgIpc) is 2.53. The molecule has 1 amide bonds. The standard InChI is InChI=1S/C13H17NO2/c1-3-6-9(2)13(16)10-7-4-5-8-11(10)14-12(13)15/h4-5,7-9,16H,3,6H2,1-2H3,(H,14,15). The highest BCUT2D eigenvalue weighted by Crippen LogP contribution is 2.42. The third-order valence-corrected chi connectivity index (χ3v) is 3.37. The lowest BCUT2D eigenvalue weighted by atomic mass is 9.81. The molecular formula is C13H17NO2. The molecule has 2 unspecified atom stereocenters. The van der Waals surface area contributed by atoms with Gasteiger partial charge >= 0.3 is 0 Å². The number of carbonyl (C=O) groups is 1. The molecule has 2 rings (SSSR count). The molecule has 3 nitrogen and oxygen atoms in total. The average molecular weight is 219 g/mol. The maximum absolute atomic E-state index is 11.9. The normalized spacial score (nSPS) is 25.1. The number of hydrogen-bond donors (Lipinski definition) is 2. The molecule has 0 saturated carbocycles. The quantitative estimate of drug-likeness (QED) is 0.819. The fourth-order valence-corrected chi connectivity index (χ4v) is 2.40. The number of hydrogen-bond acceptors (Lipinski definition) is 2. The second kappa shape index (κ2) is 3.91. The Labute approximate surface area is 95.5 Å². The second-order valence-electron chi connectivity index (χ2n) is 4.46. The van der Waals surface area contributed by atoms with E-state index >= 15 is 0 Å². The summed E-state index contributed by atoms with van der Waals surface area (Å²) in [6.07, 6.45) is 1.79.